The summed E-state index contributed by atoms with van der Waals surface area (Å²) in [6, 6.07) is 3.91. The summed E-state index contributed by atoms with van der Waals surface area (Å²) in [7, 11) is -4.24. The van der Waals surface area contributed by atoms with Crippen LogP contribution in [0.15, 0.2) is 43.0 Å². The molecule has 39 heavy (non-hydrogen) atoms. The van der Waals surface area contributed by atoms with Crippen molar-refractivity contribution >= 4 is 16.1 Å². The molecule has 3 aromatic rings. The van der Waals surface area contributed by atoms with Crippen molar-refractivity contribution in [2.24, 2.45) is 17.0 Å². The van der Waals surface area contributed by atoms with Gasteiger partial charge in [-0.2, -0.15) is 26.7 Å². The first-order chi connectivity index (χ1) is 18.2. The number of benzene rings is 1. The summed E-state index contributed by atoms with van der Waals surface area (Å²) in [5.74, 6) is -3.33. The molecule has 2 aromatic heterocycles. The Bertz CT molecular complexity index is 1470. The molecule has 0 amide bonds. The van der Waals surface area contributed by atoms with Crippen LogP contribution in [0.4, 0.5) is 17.6 Å². The standard InChI is InChI=1S/C23H23F4N5O6S/c24-17-2-1-12(5-16(17)23(25,26)27)9-32-4-3-18(31-32)22(35)15-8-29-11-30-19(15)7-13-6-14(21(34)20(13)33)10-38-39(28,36)37/h1-5,8,11,13-14,20-21,33-34H,6-7,9-10H2,(H2,28,36,37)/t13-,14+,20-,21+/m0/s1. The number of hydrogen-bond acceptors (Lipinski definition) is 9. The largest absolute Gasteiger partial charge is 0.419 e. The molecule has 1 fully saturated rings. The van der Waals surface area contributed by atoms with Crippen molar-refractivity contribution in [3.05, 3.63) is 76.9 Å². The van der Waals surface area contributed by atoms with E-state index in [1.165, 1.54) is 35.5 Å². The summed E-state index contributed by atoms with van der Waals surface area (Å²) < 4.78 is 80.5. The summed E-state index contributed by atoms with van der Waals surface area (Å²) in [6.07, 6.45) is -3.42. The molecule has 1 aliphatic rings. The van der Waals surface area contributed by atoms with Crippen molar-refractivity contribution < 1.29 is 45.2 Å². The van der Waals surface area contributed by atoms with Gasteiger partial charge in [-0.1, -0.05) is 6.07 Å². The van der Waals surface area contributed by atoms with E-state index in [1.807, 2.05) is 0 Å². The highest BCUT2D eigenvalue weighted by atomic mass is 32.2. The van der Waals surface area contributed by atoms with Gasteiger partial charge in [0.2, 0.25) is 5.78 Å². The Kier molecular flexibility index (Phi) is 8.13. The first kappa shape index (κ1) is 28.7. The molecule has 0 bridgehead atoms. The second-order valence-corrected chi connectivity index (χ2v) is 10.4. The summed E-state index contributed by atoms with van der Waals surface area (Å²) >= 11 is 0. The number of halogens is 4. The number of nitrogens with two attached hydrogens (primary N) is 1. The lowest BCUT2D eigenvalue weighted by molar-refractivity contribution is -0.140. The predicted octanol–water partition coefficient (Wildman–Crippen LogP) is 1.23. The van der Waals surface area contributed by atoms with E-state index in [0.29, 0.717) is 12.1 Å². The quantitative estimate of drug-likeness (QED) is 0.252. The third kappa shape index (κ3) is 6.83. The molecule has 210 valence electrons. The van der Waals surface area contributed by atoms with Crippen LogP contribution in [0, 0.1) is 17.7 Å². The number of ketones is 1. The Hall–Kier alpha value is -3.31. The van der Waals surface area contributed by atoms with Crippen molar-refractivity contribution in [3.63, 3.8) is 0 Å². The van der Waals surface area contributed by atoms with Gasteiger partial charge in [0.05, 0.1) is 42.2 Å². The van der Waals surface area contributed by atoms with Gasteiger partial charge in [0.1, 0.15) is 17.8 Å². The lowest BCUT2D eigenvalue weighted by Gasteiger charge is -2.17. The van der Waals surface area contributed by atoms with Gasteiger partial charge >= 0.3 is 16.5 Å². The second-order valence-electron chi connectivity index (χ2n) is 9.14. The van der Waals surface area contributed by atoms with Crippen molar-refractivity contribution in [3.8, 4) is 0 Å². The minimum absolute atomic E-state index is 0.0319. The normalized spacial score (nSPS) is 21.8. The SMILES string of the molecule is NS(=O)(=O)OC[C@H]1C[C@@H](Cc2ncncc2C(=O)c2ccn(Cc3ccc(F)c(C(F)(F)F)c3)n2)[C@H](O)[C@@H]1O. The molecular formula is C23H23F4N5O6S. The molecule has 0 radical (unpaired) electrons. The van der Waals surface area contributed by atoms with Crippen molar-refractivity contribution in [2.45, 2.75) is 37.8 Å². The highest BCUT2D eigenvalue weighted by Crippen LogP contribution is 2.35. The molecule has 0 unspecified atom stereocenters. The van der Waals surface area contributed by atoms with Crippen LogP contribution in [0.3, 0.4) is 0 Å². The maximum Gasteiger partial charge on any atom is 0.419 e. The molecule has 4 N–H and O–H groups in total. The van der Waals surface area contributed by atoms with E-state index in [9.17, 15) is 41.0 Å². The smallest absolute Gasteiger partial charge is 0.390 e. The van der Waals surface area contributed by atoms with Gasteiger partial charge in [-0.05, 0) is 42.5 Å². The molecular weight excluding hydrogens is 550 g/mol. The summed E-state index contributed by atoms with van der Waals surface area (Å²) in [6.45, 7) is -0.595. The van der Waals surface area contributed by atoms with Crippen LogP contribution < -0.4 is 5.14 Å². The molecule has 11 nitrogen and oxygen atoms in total. The molecule has 2 heterocycles. The number of nitrogens with zero attached hydrogens (tertiary/aromatic N) is 4. The van der Waals surface area contributed by atoms with E-state index >= 15 is 0 Å². The Morgan fingerprint density at radius 2 is 1.90 bits per heavy atom. The molecule has 1 aromatic carbocycles. The number of aliphatic hydroxyl groups excluding tert-OH is 2. The number of carbonyl (C=O) groups is 1. The van der Waals surface area contributed by atoms with E-state index in [4.69, 9.17) is 5.14 Å². The van der Waals surface area contributed by atoms with Gasteiger partial charge in [-0.25, -0.2) is 19.5 Å². The number of aliphatic hydroxyl groups is 2. The van der Waals surface area contributed by atoms with Crippen LogP contribution in [0.2, 0.25) is 0 Å². The van der Waals surface area contributed by atoms with Gasteiger partial charge in [0.25, 0.3) is 0 Å². The summed E-state index contributed by atoms with van der Waals surface area (Å²) in [5.41, 5.74) is -1.07. The van der Waals surface area contributed by atoms with Crippen LogP contribution in [-0.4, -0.2) is 63.0 Å². The predicted molar refractivity (Wildman–Crippen MR) is 125 cm³/mol. The van der Waals surface area contributed by atoms with E-state index in [0.717, 1.165) is 0 Å². The van der Waals surface area contributed by atoms with Crippen molar-refractivity contribution in [1.29, 1.82) is 0 Å². The number of rotatable bonds is 9. The lowest BCUT2D eigenvalue weighted by atomic mass is 9.95. The number of aromatic nitrogens is 4. The molecule has 1 saturated carbocycles. The zero-order valence-corrected chi connectivity index (χ0v) is 20.8. The van der Waals surface area contributed by atoms with Crippen LogP contribution in [0.25, 0.3) is 0 Å². The van der Waals surface area contributed by atoms with Crippen LogP contribution in [0.1, 0.15) is 39.3 Å². The third-order valence-electron chi connectivity index (χ3n) is 6.42. The first-order valence-electron chi connectivity index (χ1n) is 11.5. The van der Waals surface area contributed by atoms with Crippen LogP contribution >= 0.6 is 0 Å². The lowest BCUT2D eigenvalue weighted by Crippen LogP contribution is -2.31. The molecule has 0 saturated heterocycles. The van der Waals surface area contributed by atoms with E-state index in [-0.39, 0.29) is 41.9 Å². The summed E-state index contributed by atoms with van der Waals surface area (Å²) in [4.78, 5) is 21.2. The number of hydrogen-bond donors (Lipinski definition) is 3. The minimum atomic E-state index is -4.87. The van der Waals surface area contributed by atoms with Gasteiger partial charge in [0, 0.05) is 18.3 Å². The van der Waals surface area contributed by atoms with Gasteiger partial charge < -0.3 is 10.2 Å². The zero-order chi connectivity index (χ0) is 28.5. The van der Waals surface area contributed by atoms with Crippen molar-refractivity contribution in [1.82, 2.24) is 19.7 Å². The Labute approximate surface area is 219 Å². The van der Waals surface area contributed by atoms with Gasteiger partial charge in [-0.15, -0.1) is 0 Å². The Balaban J connectivity index is 1.49. The maximum absolute atomic E-state index is 13.6. The highest BCUT2D eigenvalue weighted by Gasteiger charge is 2.42. The van der Waals surface area contributed by atoms with Gasteiger partial charge in [0.15, 0.2) is 0 Å². The van der Waals surface area contributed by atoms with Crippen LogP contribution in [-0.2, 0) is 33.6 Å². The van der Waals surface area contributed by atoms with Crippen LogP contribution in [0.5, 0.6) is 0 Å². The monoisotopic (exact) mass is 573 g/mol. The first-order valence-corrected chi connectivity index (χ1v) is 13.0. The van der Waals surface area contributed by atoms with E-state index in [2.05, 4.69) is 19.2 Å². The number of carbonyl (C=O) groups excluding carboxylic acids is 1. The maximum atomic E-state index is 13.6. The fourth-order valence-electron chi connectivity index (χ4n) is 4.52. The fourth-order valence-corrected chi connectivity index (χ4v) is 4.88. The fraction of sp³-hybridized carbons (Fsp3) is 0.391. The second kappa shape index (κ2) is 11.1. The molecule has 16 heteroatoms. The average Bonchev–Trinajstić information content (AvgIpc) is 3.43. The average molecular weight is 574 g/mol. The summed E-state index contributed by atoms with van der Waals surface area (Å²) in [5, 5.41) is 29.7. The third-order valence-corrected chi connectivity index (χ3v) is 6.88. The Morgan fingerprint density at radius 3 is 2.59 bits per heavy atom. The molecule has 0 spiro atoms. The molecule has 4 rings (SSSR count). The Morgan fingerprint density at radius 1 is 1.18 bits per heavy atom. The highest BCUT2D eigenvalue weighted by molar-refractivity contribution is 7.84. The van der Waals surface area contributed by atoms with Gasteiger partial charge in [-0.3, -0.25) is 13.7 Å². The molecule has 0 aliphatic heterocycles. The minimum Gasteiger partial charge on any atom is -0.390 e. The molecule has 1 aliphatic carbocycles. The van der Waals surface area contributed by atoms with E-state index in [1.54, 1.807) is 0 Å². The zero-order valence-electron chi connectivity index (χ0n) is 20.0. The topological polar surface area (TPSA) is 171 Å². The van der Waals surface area contributed by atoms with Crippen molar-refractivity contribution in [2.75, 3.05) is 6.61 Å². The van der Waals surface area contributed by atoms with E-state index < -0.39 is 64.3 Å². The molecule has 4 atom stereocenters. The number of alkyl halides is 3.